The molecular formula is HMgNaO5S. The van der Waals surface area contributed by atoms with Crippen LogP contribution in [0.3, 0.4) is 0 Å². The van der Waals surface area contributed by atoms with Crippen molar-refractivity contribution < 1.29 is 52.6 Å². The minimum absolute atomic E-state index is 0. The molecule has 0 unspecified atom stereocenters. The summed E-state index contributed by atoms with van der Waals surface area (Å²) in [6, 6.07) is 0. The number of rotatable bonds is 0. The molecule has 0 saturated carbocycles. The van der Waals surface area contributed by atoms with Crippen LogP contribution in [0.15, 0.2) is 0 Å². The van der Waals surface area contributed by atoms with E-state index in [1.54, 1.807) is 0 Å². The van der Waals surface area contributed by atoms with Crippen LogP contribution in [0.4, 0.5) is 0 Å². The van der Waals surface area contributed by atoms with Crippen molar-refractivity contribution >= 4 is 33.5 Å². The smallest absolute Gasteiger partial charge is 0.870 e. The minimum atomic E-state index is -5.17. The van der Waals surface area contributed by atoms with Gasteiger partial charge in [-0.05, 0) is 0 Å². The van der Waals surface area contributed by atoms with Gasteiger partial charge in [0.1, 0.15) is 0 Å². The molecule has 8 heteroatoms. The Morgan fingerprint density at radius 3 is 1.12 bits per heavy atom. The summed E-state index contributed by atoms with van der Waals surface area (Å²) in [6.07, 6.45) is 0. The maximum absolute atomic E-state index is 8.52. The fraction of sp³-hybridized carbons (Fsp3) is 0. The van der Waals surface area contributed by atoms with E-state index in [1.807, 2.05) is 0 Å². The molecule has 0 saturated heterocycles. The second-order valence-corrected chi connectivity index (χ2v) is 1.22. The van der Waals surface area contributed by atoms with E-state index in [9.17, 15) is 0 Å². The molecule has 0 aliphatic heterocycles. The largest absolute Gasteiger partial charge is 2.00 e. The van der Waals surface area contributed by atoms with Crippen LogP contribution in [0, 0.1) is 0 Å². The van der Waals surface area contributed by atoms with Gasteiger partial charge in [-0.3, -0.25) is 8.42 Å². The van der Waals surface area contributed by atoms with Crippen LogP contribution in [-0.2, 0) is 10.4 Å². The molecule has 40 valence electrons. The van der Waals surface area contributed by atoms with Gasteiger partial charge in [-0.1, -0.05) is 0 Å². The minimum Gasteiger partial charge on any atom is -0.870 e. The zero-order chi connectivity index (χ0) is 4.50. The molecule has 0 aliphatic carbocycles. The van der Waals surface area contributed by atoms with Gasteiger partial charge in [-0.25, -0.2) is 0 Å². The SMILES string of the molecule is O=S(=O)([O-])[O-].[Mg+2].[Na+].[OH-]. The van der Waals surface area contributed by atoms with Crippen LogP contribution >= 0.6 is 0 Å². The van der Waals surface area contributed by atoms with Gasteiger partial charge in [-0.2, -0.15) is 0 Å². The van der Waals surface area contributed by atoms with E-state index in [0.29, 0.717) is 0 Å². The van der Waals surface area contributed by atoms with Crippen molar-refractivity contribution in [2.75, 3.05) is 0 Å². The Kier molecular flexibility index (Phi) is 24.3. The zero-order valence-electron chi connectivity index (χ0n) is 4.20. The normalized spacial score (nSPS) is 7.25. The summed E-state index contributed by atoms with van der Waals surface area (Å²) < 4.78 is 34.1. The average molecular weight is 160 g/mol. The van der Waals surface area contributed by atoms with E-state index >= 15 is 0 Å². The van der Waals surface area contributed by atoms with Gasteiger partial charge in [0.05, 0.1) is 0 Å². The summed E-state index contributed by atoms with van der Waals surface area (Å²) in [5.74, 6) is 0. The Morgan fingerprint density at radius 2 is 1.12 bits per heavy atom. The maximum Gasteiger partial charge on any atom is 2.00 e. The van der Waals surface area contributed by atoms with Gasteiger partial charge in [0.2, 0.25) is 0 Å². The van der Waals surface area contributed by atoms with E-state index in [2.05, 4.69) is 0 Å². The van der Waals surface area contributed by atoms with Crippen molar-refractivity contribution in [1.29, 1.82) is 0 Å². The third kappa shape index (κ3) is 130. The molecule has 5 nitrogen and oxygen atoms in total. The average Bonchev–Trinajstić information content (AvgIpc) is 0.722. The van der Waals surface area contributed by atoms with E-state index in [1.165, 1.54) is 0 Å². The first-order valence-electron chi connectivity index (χ1n) is 0.667. The van der Waals surface area contributed by atoms with Crippen molar-refractivity contribution in [2.24, 2.45) is 0 Å². The molecular weight excluding hydrogens is 159 g/mol. The van der Waals surface area contributed by atoms with Crippen molar-refractivity contribution in [1.82, 2.24) is 0 Å². The van der Waals surface area contributed by atoms with Gasteiger partial charge < -0.3 is 14.6 Å². The first-order valence-corrected chi connectivity index (χ1v) is 2.00. The summed E-state index contributed by atoms with van der Waals surface area (Å²) in [7, 11) is -5.17. The second kappa shape index (κ2) is 8.60. The van der Waals surface area contributed by atoms with Crippen molar-refractivity contribution in [3.05, 3.63) is 0 Å². The Bertz CT molecular complexity index is 95.6. The topological polar surface area (TPSA) is 110 Å². The molecule has 0 radical (unpaired) electrons. The number of hydrogen-bond acceptors (Lipinski definition) is 5. The molecule has 8 heavy (non-hydrogen) atoms. The van der Waals surface area contributed by atoms with E-state index in [0.717, 1.165) is 0 Å². The maximum atomic E-state index is 8.52. The van der Waals surface area contributed by atoms with Crippen LogP contribution in [0.2, 0.25) is 0 Å². The quantitative estimate of drug-likeness (QED) is 0.200. The summed E-state index contributed by atoms with van der Waals surface area (Å²) >= 11 is 0. The molecule has 0 aliphatic rings. The molecule has 0 aromatic carbocycles. The molecule has 0 bridgehead atoms. The summed E-state index contributed by atoms with van der Waals surface area (Å²) in [4.78, 5) is 0. The van der Waals surface area contributed by atoms with Gasteiger partial charge >= 0.3 is 52.6 Å². The zero-order valence-corrected chi connectivity index (χ0v) is 8.43. The fourth-order valence-corrected chi connectivity index (χ4v) is 0. The monoisotopic (exact) mass is 160 g/mol. The standard InChI is InChI=1S/Mg.Na.H2O4S.H2O/c;;1-5(2,3)4;/h;;(H2,1,2,3,4);1H2/q+2;+1;;/p-3. The summed E-state index contributed by atoms with van der Waals surface area (Å²) in [5.41, 5.74) is 0. The van der Waals surface area contributed by atoms with Gasteiger partial charge in [0, 0.05) is 10.4 Å². The van der Waals surface area contributed by atoms with Gasteiger partial charge in [0.15, 0.2) is 0 Å². The number of hydrogen-bond donors (Lipinski definition) is 0. The second-order valence-electron chi connectivity index (χ2n) is 0.408. The van der Waals surface area contributed by atoms with E-state index in [4.69, 9.17) is 17.5 Å². The Labute approximate surface area is 85.2 Å². The first kappa shape index (κ1) is 22.6. The first-order chi connectivity index (χ1) is 2.00. The molecule has 0 amide bonds. The van der Waals surface area contributed by atoms with Crippen LogP contribution < -0.4 is 29.6 Å². The molecule has 0 spiro atoms. The molecule has 1 N–H and O–H groups in total. The Balaban J connectivity index is -0.0000000267. The van der Waals surface area contributed by atoms with Crippen LogP contribution in [0.5, 0.6) is 0 Å². The van der Waals surface area contributed by atoms with E-state index < -0.39 is 10.4 Å². The van der Waals surface area contributed by atoms with Crippen LogP contribution in [0.1, 0.15) is 0 Å². The Morgan fingerprint density at radius 1 is 1.12 bits per heavy atom. The third-order valence-corrected chi connectivity index (χ3v) is 0. The molecule has 0 rings (SSSR count). The van der Waals surface area contributed by atoms with Crippen LogP contribution in [-0.4, -0.2) is 46.1 Å². The molecule has 0 atom stereocenters. The Hall–Kier alpha value is 1.60. The van der Waals surface area contributed by atoms with Crippen molar-refractivity contribution in [3.63, 3.8) is 0 Å². The van der Waals surface area contributed by atoms with Crippen molar-refractivity contribution in [2.45, 2.75) is 0 Å². The summed E-state index contributed by atoms with van der Waals surface area (Å²) in [5, 5.41) is 0. The van der Waals surface area contributed by atoms with E-state index in [-0.39, 0.29) is 58.1 Å². The van der Waals surface area contributed by atoms with Gasteiger partial charge in [0.25, 0.3) is 0 Å². The predicted octanol–water partition coefficient (Wildman–Crippen LogP) is -4.89. The summed E-state index contributed by atoms with van der Waals surface area (Å²) in [6.45, 7) is 0. The third-order valence-electron chi connectivity index (χ3n) is 0. The van der Waals surface area contributed by atoms with Crippen LogP contribution in [0.25, 0.3) is 0 Å². The molecule has 0 heterocycles. The van der Waals surface area contributed by atoms with Gasteiger partial charge in [-0.15, -0.1) is 0 Å². The molecule has 0 aromatic rings. The van der Waals surface area contributed by atoms with Crippen molar-refractivity contribution in [3.8, 4) is 0 Å². The molecule has 0 aromatic heterocycles. The molecule has 0 fully saturated rings. The predicted molar refractivity (Wildman–Crippen MR) is 18.2 cm³/mol. The fourth-order valence-electron chi connectivity index (χ4n) is 0.